The predicted molar refractivity (Wildman–Crippen MR) is 82.3 cm³/mol. The van der Waals surface area contributed by atoms with Crippen molar-refractivity contribution in [1.82, 2.24) is 0 Å². The second kappa shape index (κ2) is 7.70. The van der Waals surface area contributed by atoms with E-state index in [9.17, 15) is 29.8 Å². The van der Waals surface area contributed by atoms with Gasteiger partial charge in [-0.05, 0) is 6.92 Å². The van der Waals surface area contributed by atoms with E-state index in [0.717, 1.165) is 6.92 Å². The number of carbonyl (C=O) groups excluding carboxylic acids is 1. The van der Waals surface area contributed by atoms with Gasteiger partial charge in [0.15, 0.2) is 13.2 Å². The van der Waals surface area contributed by atoms with Crippen LogP contribution in [0.4, 0.5) is 0 Å². The van der Waals surface area contributed by atoms with Gasteiger partial charge >= 0.3 is 0 Å². The Morgan fingerprint density at radius 1 is 1.43 bits per heavy atom. The second-order valence-electron chi connectivity index (χ2n) is 6.52. The summed E-state index contributed by atoms with van der Waals surface area (Å²) in [5.74, 6) is -3.59. The van der Waals surface area contributed by atoms with Crippen molar-refractivity contribution in [3.8, 4) is 0 Å². The fraction of sp³-hybridized carbons (Fsp3) is 0.929. The number of carbonyl (C=O) groups is 1. The maximum absolute atomic E-state index is 11.6. The van der Waals surface area contributed by atoms with Crippen molar-refractivity contribution in [2.75, 3.05) is 19.9 Å². The van der Waals surface area contributed by atoms with E-state index >= 15 is 0 Å². The highest BCUT2D eigenvalue weighted by atomic mass is 31.2. The zero-order valence-corrected chi connectivity index (χ0v) is 14.8. The molecule has 136 valence electrons. The van der Waals surface area contributed by atoms with Gasteiger partial charge in [0.25, 0.3) is 0 Å². The van der Waals surface area contributed by atoms with Gasteiger partial charge in [0.2, 0.25) is 5.79 Å². The smallest absolute Gasteiger partial charge is 0.228 e. The summed E-state index contributed by atoms with van der Waals surface area (Å²) in [6.45, 7) is 5.20. The van der Waals surface area contributed by atoms with Crippen LogP contribution in [-0.4, -0.2) is 76.3 Å². The normalized spacial score (nSPS) is 34.9. The molecule has 0 amide bonds. The summed E-state index contributed by atoms with van der Waals surface area (Å²) in [5.41, 5.74) is 0. The van der Waals surface area contributed by atoms with E-state index in [-0.39, 0.29) is 19.4 Å². The molecule has 1 saturated heterocycles. The molecule has 4 N–H and O–H groups in total. The summed E-state index contributed by atoms with van der Waals surface area (Å²) >= 11 is 0. The molecule has 5 unspecified atom stereocenters. The minimum atomic E-state index is -2.76. The molecule has 0 spiro atoms. The Labute approximate surface area is 135 Å². The fourth-order valence-electron chi connectivity index (χ4n) is 2.71. The van der Waals surface area contributed by atoms with Gasteiger partial charge in [0, 0.05) is 39.0 Å². The van der Waals surface area contributed by atoms with Gasteiger partial charge in [0.05, 0.1) is 31.0 Å². The van der Waals surface area contributed by atoms with Gasteiger partial charge in [-0.25, -0.2) is 0 Å². The Kier molecular flexibility index (Phi) is 6.93. The Morgan fingerprint density at radius 3 is 2.43 bits per heavy atom. The van der Waals surface area contributed by atoms with Crippen LogP contribution in [0.15, 0.2) is 0 Å². The molecule has 0 aliphatic carbocycles. The van der Waals surface area contributed by atoms with E-state index in [0.29, 0.717) is 0 Å². The van der Waals surface area contributed by atoms with Crippen molar-refractivity contribution >= 4 is 13.2 Å². The molecule has 1 aliphatic rings. The number of aliphatic hydroxyl groups excluding tert-OH is 3. The molecule has 23 heavy (non-hydrogen) atoms. The van der Waals surface area contributed by atoms with Crippen LogP contribution in [0.1, 0.15) is 26.7 Å². The molecule has 0 bridgehead atoms. The van der Waals surface area contributed by atoms with Crippen LogP contribution in [0.2, 0.25) is 0 Å². The van der Waals surface area contributed by atoms with Gasteiger partial charge in [-0.2, -0.15) is 0 Å². The van der Waals surface area contributed by atoms with Crippen LogP contribution < -0.4 is 0 Å². The topological polar surface area (TPSA) is 134 Å². The van der Waals surface area contributed by atoms with Crippen LogP contribution in [-0.2, 0) is 18.6 Å². The van der Waals surface area contributed by atoms with Gasteiger partial charge in [-0.1, -0.05) is 0 Å². The van der Waals surface area contributed by atoms with Crippen molar-refractivity contribution in [2.24, 2.45) is 5.92 Å². The summed E-state index contributed by atoms with van der Waals surface area (Å²) < 4.78 is 21.9. The lowest BCUT2D eigenvalue weighted by Gasteiger charge is -2.45. The molecule has 0 aromatic heterocycles. The molecule has 8 nitrogen and oxygen atoms in total. The maximum Gasteiger partial charge on any atom is 0.228 e. The number of hydrogen-bond donors (Lipinski definition) is 4. The second-order valence-corrected chi connectivity index (χ2v) is 9.29. The molecular formula is C14H27O8P. The van der Waals surface area contributed by atoms with Crippen molar-refractivity contribution in [2.45, 2.75) is 56.9 Å². The van der Waals surface area contributed by atoms with Crippen LogP contribution in [0.25, 0.3) is 0 Å². The largest absolute Gasteiger partial charge is 0.393 e. The summed E-state index contributed by atoms with van der Waals surface area (Å²) in [6.07, 6.45) is -4.62. The predicted octanol–water partition coefficient (Wildman–Crippen LogP) is -0.284. The molecule has 1 rings (SSSR count). The van der Waals surface area contributed by atoms with E-state index in [2.05, 4.69) is 0 Å². The number of ether oxygens (including phenoxy) is 1. The monoisotopic (exact) mass is 354 g/mol. The minimum absolute atomic E-state index is 0.0950. The Bertz CT molecular complexity index is 462. The lowest BCUT2D eigenvalue weighted by atomic mass is 9.81. The summed E-state index contributed by atoms with van der Waals surface area (Å²) in [5, 5.41) is 40.2. The number of Topliss-reactive ketones (excluding diaryl/α,β-unsaturated/α-hetero) is 1. The minimum Gasteiger partial charge on any atom is -0.393 e. The number of ketones is 1. The third-order valence-electron chi connectivity index (χ3n) is 3.90. The molecule has 6 atom stereocenters. The molecule has 0 aromatic carbocycles. The summed E-state index contributed by atoms with van der Waals surface area (Å²) in [7, 11) is -2.76. The molecule has 0 radical (unpaired) electrons. The van der Waals surface area contributed by atoms with Gasteiger partial charge in [-0.15, -0.1) is 0 Å². The van der Waals surface area contributed by atoms with E-state index in [1.54, 1.807) is 0 Å². The highest BCUT2D eigenvalue weighted by Gasteiger charge is 2.50. The first kappa shape index (κ1) is 20.7. The van der Waals surface area contributed by atoms with Gasteiger partial charge in [-0.3, -0.25) is 9.36 Å². The average Bonchev–Trinajstić information content (AvgIpc) is 2.34. The number of hydrogen-bond acceptors (Lipinski definition) is 8. The van der Waals surface area contributed by atoms with Gasteiger partial charge < -0.3 is 29.7 Å². The summed E-state index contributed by atoms with van der Waals surface area (Å²) in [6, 6.07) is 0. The Balaban J connectivity index is 2.84. The molecule has 1 heterocycles. The van der Waals surface area contributed by atoms with Crippen LogP contribution in [0.3, 0.4) is 0 Å². The highest BCUT2D eigenvalue weighted by Crippen LogP contribution is 2.39. The first-order valence-electron chi connectivity index (χ1n) is 7.50. The van der Waals surface area contributed by atoms with E-state index in [4.69, 9.17) is 9.26 Å². The van der Waals surface area contributed by atoms with Crippen molar-refractivity contribution in [1.29, 1.82) is 0 Å². The summed E-state index contributed by atoms with van der Waals surface area (Å²) in [4.78, 5) is 11.6. The van der Waals surface area contributed by atoms with Crippen LogP contribution in [0.5, 0.6) is 0 Å². The SMILES string of the molecule is CC(=O)C1(O)CC(O)C(C(C)O)C(C[C@H](O)COP(C)(C)=O)O1. The number of rotatable bonds is 7. The fourth-order valence-corrected chi connectivity index (χ4v) is 3.24. The Morgan fingerprint density at radius 2 is 2.00 bits per heavy atom. The van der Waals surface area contributed by atoms with E-state index in [1.165, 1.54) is 20.3 Å². The quantitative estimate of drug-likeness (QED) is 0.459. The van der Waals surface area contributed by atoms with Crippen LogP contribution in [0, 0.1) is 5.92 Å². The molecule has 0 aromatic rings. The molecule has 1 fully saturated rings. The van der Waals surface area contributed by atoms with E-state index in [1.807, 2.05) is 0 Å². The molecule has 1 aliphatic heterocycles. The molecule has 9 heteroatoms. The lowest BCUT2D eigenvalue weighted by Crippen LogP contribution is -2.58. The van der Waals surface area contributed by atoms with Crippen molar-refractivity contribution in [3.05, 3.63) is 0 Å². The van der Waals surface area contributed by atoms with Crippen molar-refractivity contribution in [3.63, 3.8) is 0 Å². The third-order valence-corrected chi connectivity index (χ3v) is 4.67. The first-order chi connectivity index (χ1) is 10.4. The zero-order chi connectivity index (χ0) is 18.0. The third kappa shape index (κ3) is 5.90. The highest BCUT2D eigenvalue weighted by molar-refractivity contribution is 7.57. The lowest BCUT2D eigenvalue weighted by molar-refractivity contribution is -0.285. The standard InChI is InChI=1S/C14H27O8P/c1-8(15)13-11(18)6-14(19,9(2)16)22-12(13)5-10(17)7-21-23(3,4)20/h8,10-13,15,17-19H,5-7H2,1-4H3/t8?,10-,11?,12?,13?,14?/m0/s1. The molecular weight excluding hydrogens is 327 g/mol. The zero-order valence-electron chi connectivity index (χ0n) is 13.9. The first-order valence-corrected chi connectivity index (χ1v) is 10.0. The number of aliphatic hydroxyl groups is 4. The maximum atomic E-state index is 11.6. The van der Waals surface area contributed by atoms with Gasteiger partial charge in [0.1, 0.15) is 0 Å². The Hall–Kier alpha value is -0.340. The van der Waals surface area contributed by atoms with Crippen molar-refractivity contribution < 1.29 is 39.0 Å². The molecule has 0 saturated carbocycles. The average molecular weight is 354 g/mol. The van der Waals surface area contributed by atoms with E-state index < -0.39 is 49.3 Å². The van der Waals surface area contributed by atoms with Crippen LogP contribution >= 0.6 is 7.37 Å².